The van der Waals surface area contributed by atoms with Gasteiger partial charge in [0.25, 0.3) is 0 Å². The van der Waals surface area contributed by atoms with Gasteiger partial charge < -0.3 is 19.7 Å². The highest BCUT2D eigenvalue weighted by Crippen LogP contribution is 2.57. The Hall–Kier alpha value is -3.94. The van der Waals surface area contributed by atoms with E-state index in [0.717, 1.165) is 36.0 Å². The zero-order valence-electron chi connectivity index (χ0n) is 29.1. The third-order valence-electron chi connectivity index (χ3n) is 10.8. The Morgan fingerprint density at radius 2 is 1.84 bits per heavy atom. The zero-order chi connectivity index (χ0) is 36.0. The van der Waals surface area contributed by atoms with E-state index in [2.05, 4.69) is 22.7 Å². The lowest BCUT2D eigenvalue weighted by molar-refractivity contribution is -0.142. The van der Waals surface area contributed by atoms with Gasteiger partial charge in [0.2, 0.25) is 21.8 Å². The van der Waals surface area contributed by atoms with E-state index in [0.29, 0.717) is 32.4 Å². The van der Waals surface area contributed by atoms with Crippen LogP contribution in [0.2, 0.25) is 0 Å². The van der Waals surface area contributed by atoms with Crippen molar-refractivity contribution in [1.82, 2.24) is 19.8 Å². The minimum Gasteiger partial charge on any atom is -0.450 e. The molecule has 0 spiro atoms. The summed E-state index contributed by atoms with van der Waals surface area (Å²) in [5, 5.41) is 2.09. The van der Waals surface area contributed by atoms with Crippen LogP contribution in [-0.4, -0.2) is 84.6 Å². The van der Waals surface area contributed by atoms with Crippen molar-refractivity contribution < 1.29 is 41.9 Å². The van der Waals surface area contributed by atoms with Crippen LogP contribution in [0.3, 0.4) is 0 Å². The number of aryl methyl sites for hydroxylation is 1. The first-order valence-electron chi connectivity index (χ1n) is 17.6. The van der Waals surface area contributed by atoms with Gasteiger partial charge in [0.05, 0.1) is 29.9 Å². The van der Waals surface area contributed by atoms with Gasteiger partial charge in [-0.25, -0.2) is 18.0 Å². The lowest BCUT2D eigenvalue weighted by atomic mass is 9.85. The molecular weight excluding hydrogens is 664 g/mol. The molecule has 1 aromatic rings. The Morgan fingerprint density at radius 1 is 1.10 bits per heavy atom. The lowest BCUT2D eigenvalue weighted by Crippen LogP contribution is -2.57. The van der Waals surface area contributed by atoms with Gasteiger partial charge in [-0.15, -0.1) is 6.58 Å². The highest BCUT2D eigenvalue weighted by atomic mass is 32.2. The smallest absolute Gasteiger partial charge is 0.410 e. The average molecular weight is 713 g/mol. The Morgan fingerprint density at radius 3 is 2.52 bits per heavy atom. The fraction of sp³-hybridized carbons (Fsp3) is 0.639. The Bertz CT molecular complexity index is 1680. The third-order valence-corrected chi connectivity index (χ3v) is 12.6. The number of fused-ring (bicyclic) bond motifs is 3. The van der Waals surface area contributed by atoms with Crippen molar-refractivity contribution in [3.63, 3.8) is 0 Å². The highest BCUT2D eigenvalue weighted by molar-refractivity contribution is 7.90. The lowest BCUT2D eigenvalue weighted by Gasteiger charge is -2.35. The van der Waals surface area contributed by atoms with Crippen LogP contribution in [0.1, 0.15) is 88.8 Å². The predicted octanol–water partition coefficient (Wildman–Crippen LogP) is 3.74. The first kappa shape index (κ1) is 35.9. The van der Waals surface area contributed by atoms with Gasteiger partial charge in [-0.2, -0.15) is 0 Å². The normalized spacial score (nSPS) is 29.1. The van der Waals surface area contributed by atoms with Crippen LogP contribution < -0.4 is 10.0 Å². The minimum atomic E-state index is -3.86. The summed E-state index contributed by atoms with van der Waals surface area (Å²) in [6.45, 7) is 9.99. The number of alkyl carbamates (subject to hydrolysis) is 1. The van der Waals surface area contributed by atoms with Crippen LogP contribution >= 0.6 is 0 Å². The predicted molar refractivity (Wildman–Crippen MR) is 182 cm³/mol. The van der Waals surface area contributed by atoms with Crippen molar-refractivity contribution in [2.24, 2.45) is 16.7 Å². The maximum atomic E-state index is 14.3. The minimum absolute atomic E-state index is 0.0134. The van der Waals surface area contributed by atoms with Gasteiger partial charge in [-0.3, -0.25) is 24.0 Å². The monoisotopic (exact) mass is 712 g/mol. The Kier molecular flexibility index (Phi) is 9.79. The van der Waals surface area contributed by atoms with Crippen LogP contribution in [0, 0.1) is 16.7 Å². The average Bonchev–Trinajstić information content (AvgIpc) is 3.94. The SMILES string of the molecule is C=C[C@@H]1C[C@]1(CC(=O)[C@@H]1C[C@@H]2CN1C(=O)[C@H](C(C)(C)C)NC(=O)OCCCCCc1cccc3c1CN(C3)C(=O)O2)C(=O)NS(=O)(=O)C1CC1. The number of benzene rings is 1. The summed E-state index contributed by atoms with van der Waals surface area (Å²) in [7, 11) is -3.86. The number of carbonyl (C=O) groups is 5. The van der Waals surface area contributed by atoms with Crippen molar-refractivity contribution in [1.29, 1.82) is 0 Å². The van der Waals surface area contributed by atoms with Crippen molar-refractivity contribution in [3.8, 4) is 0 Å². The van der Waals surface area contributed by atoms with E-state index in [1.165, 1.54) is 4.90 Å². The number of allylic oxidation sites excluding steroid dienone is 1. The number of sulfonamides is 1. The van der Waals surface area contributed by atoms with Crippen LogP contribution in [0.4, 0.5) is 9.59 Å². The molecule has 5 aliphatic rings. The summed E-state index contributed by atoms with van der Waals surface area (Å²) >= 11 is 0. The molecule has 1 aromatic carbocycles. The summed E-state index contributed by atoms with van der Waals surface area (Å²) in [5.74, 6) is -2.18. The van der Waals surface area contributed by atoms with Gasteiger partial charge in [-0.05, 0) is 73.0 Å². The molecule has 14 heteroatoms. The number of rotatable bonds is 7. The third kappa shape index (κ3) is 7.40. The van der Waals surface area contributed by atoms with Gasteiger partial charge in [0.1, 0.15) is 12.1 Å². The summed E-state index contributed by atoms with van der Waals surface area (Å²) in [6.07, 6.45) is 3.40. The topological polar surface area (TPSA) is 168 Å². The molecule has 13 nitrogen and oxygen atoms in total. The second-order valence-electron chi connectivity index (χ2n) is 15.6. The first-order chi connectivity index (χ1) is 23.6. The van der Waals surface area contributed by atoms with E-state index < -0.39 is 80.0 Å². The number of Topliss-reactive ketones (excluding diaryl/α,β-unsaturated/α-hetero) is 1. The van der Waals surface area contributed by atoms with Crippen LogP contribution in [0.15, 0.2) is 30.9 Å². The summed E-state index contributed by atoms with van der Waals surface area (Å²) in [6, 6.07) is 3.87. The fourth-order valence-electron chi connectivity index (χ4n) is 7.54. The molecule has 3 aliphatic heterocycles. The molecule has 0 radical (unpaired) electrons. The van der Waals surface area contributed by atoms with E-state index in [1.807, 2.05) is 12.1 Å². The van der Waals surface area contributed by atoms with Crippen molar-refractivity contribution >= 4 is 39.8 Å². The largest absolute Gasteiger partial charge is 0.450 e. The molecule has 0 aromatic heterocycles. The number of hydrogen-bond acceptors (Lipinski definition) is 9. The number of cyclic esters (lactones) is 1. The highest BCUT2D eigenvalue weighted by Gasteiger charge is 2.61. The first-order valence-corrected chi connectivity index (χ1v) is 19.2. The van der Waals surface area contributed by atoms with Crippen molar-refractivity contribution in [2.75, 3.05) is 13.2 Å². The van der Waals surface area contributed by atoms with Gasteiger partial charge in [-0.1, -0.05) is 45.0 Å². The number of ether oxygens (including phenoxy) is 2. The molecule has 3 heterocycles. The second-order valence-corrected chi connectivity index (χ2v) is 17.5. The van der Waals surface area contributed by atoms with Gasteiger partial charge in [0, 0.05) is 25.9 Å². The maximum absolute atomic E-state index is 14.3. The van der Waals surface area contributed by atoms with E-state index in [-0.39, 0.29) is 32.4 Å². The van der Waals surface area contributed by atoms with Crippen molar-refractivity contribution in [2.45, 2.75) is 115 Å². The fourth-order valence-corrected chi connectivity index (χ4v) is 8.93. The molecule has 1 saturated heterocycles. The number of nitrogens with zero attached hydrogens (tertiary/aromatic N) is 2. The van der Waals surface area contributed by atoms with E-state index in [4.69, 9.17) is 9.47 Å². The van der Waals surface area contributed by atoms with Gasteiger partial charge in [0.15, 0.2) is 5.78 Å². The van der Waals surface area contributed by atoms with E-state index >= 15 is 0 Å². The molecule has 6 rings (SSSR count). The molecule has 2 aliphatic carbocycles. The molecule has 2 saturated carbocycles. The van der Waals surface area contributed by atoms with Crippen molar-refractivity contribution in [3.05, 3.63) is 47.5 Å². The molecule has 5 atom stereocenters. The molecule has 272 valence electrons. The van der Waals surface area contributed by atoms with E-state index in [9.17, 15) is 32.4 Å². The molecule has 4 bridgehead atoms. The maximum Gasteiger partial charge on any atom is 0.410 e. The molecular formula is C36H48N4O9S. The summed E-state index contributed by atoms with van der Waals surface area (Å²) < 4.78 is 38.9. The number of hydrogen-bond donors (Lipinski definition) is 2. The molecule has 0 unspecified atom stereocenters. The molecule has 4 amide bonds. The van der Waals surface area contributed by atoms with Crippen LogP contribution in [-0.2, 0) is 53.4 Å². The standard InChI is InChI=1S/C36H48N4O9S/c1-5-24-17-36(24,32(43)38-50(46,47)26-13-14-26)18-29(41)28-16-25-20-40(28)31(42)30(35(2,3)4)37-33(44)48-15-8-6-7-10-22-11-9-12-23-19-39(21-27(22)23)34(45)49-25/h5,9,11-12,24-26,28,30H,1,6-8,10,13-21H2,2-4H3,(H,37,44)(H,38,43)/t24-,25-,28+,30-,36-/m1/s1. The quantitative estimate of drug-likeness (QED) is 0.400. The number of carbonyl (C=O) groups excluding carboxylic acids is 5. The number of nitrogens with one attached hydrogen (secondary N) is 2. The summed E-state index contributed by atoms with van der Waals surface area (Å²) in [4.78, 5) is 71.5. The van der Waals surface area contributed by atoms with Crippen LogP contribution in [0.5, 0.6) is 0 Å². The van der Waals surface area contributed by atoms with Gasteiger partial charge >= 0.3 is 12.2 Å². The molecule has 2 N–H and O–H groups in total. The van der Waals surface area contributed by atoms with Crippen LogP contribution in [0.25, 0.3) is 0 Å². The zero-order valence-corrected chi connectivity index (χ0v) is 29.9. The summed E-state index contributed by atoms with van der Waals surface area (Å²) in [5.41, 5.74) is 1.19. The Balaban J connectivity index is 1.27. The van der Waals surface area contributed by atoms with E-state index in [1.54, 1.807) is 31.7 Å². The second kappa shape index (κ2) is 13.6. The molecule has 3 fully saturated rings. The number of ketones is 1. The molecule has 50 heavy (non-hydrogen) atoms. The number of amides is 4. The Labute approximate surface area is 293 Å².